The van der Waals surface area contributed by atoms with Gasteiger partial charge in [-0.05, 0) is 36.8 Å². The van der Waals surface area contributed by atoms with Gasteiger partial charge >= 0.3 is 17.9 Å². The SMILES string of the molecule is Cc1c(C(=O)O)cccc1C(=O)O.O=C(O)c1ccccc1. The Balaban J connectivity index is 0.000000235. The molecule has 0 aliphatic rings. The molecule has 0 saturated heterocycles. The van der Waals surface area contributed by atoms with Crippen LogP contribution in [0.25, 0.3) is 0 Å². The number of benzene rings is 2. The quantitative estimate of drug-likeness (QED) is 0.803. The molecular weight excluding hydrogens is 288 g/mol. The molecule has 3 N–H and O–H groups in total. The molecule has 0 unspecified atom stereocenters. The minimum Gasteiger partial charge on any atom is -0.478 e. The Labute approximate surface area is 126 Å². The maximum Gasteiger partial charge on any atom is 0.335 e. The van der Waals surface area contributed by atoms with Crippen molar-refractivity contribution in [2.24, 2.45) is 0 Å². The Morgan fingerprint density at radius 3 is 1.45 bits per heavy atom. The van der Waals surface area contributed by atoms with E-state index < -0.39 is 17.9 Å². The highest BCUT2D eigenvalue weighted by molar-refractivity contribution is 5.96. The summed E-state index contributed by atoms with van der Waals surface area (Å²) in [6, 6.07) is 12.5. The van der Waals surface area contributed by atoms with Crippen LogP contribution in [-0.4, -0.2) is 33.2 Å². The van der Waals surface area contributed by atoms with Crippen molar-refractivity contribution in [2.75, 3.05) is 0 Å². The van der Waals surface area contributed by atoms with Crippen LogP contribution < -0.4 is 0 Å². The Hall–Kier alpha value is -3.15. The third-order valence-corrected chi connectivity index (χ3v) is 2.82. The number of hydrogen-bond donors (Lipinski definition) is 3. The number of aromatic carboxylic acids is 3. The molecule has 114 valence electrons. The fourth-order valence-corrected chi connectivity index (χ4v) is 1.68. The zero-order chi connectivity index (χ0) is 16.7. The molecule has 2 aromatic carbocycles. The normalized spacial score (nSPS) is 9.32. The average molecular weight is 302 g/mol. The van der Waals surface area contributed by atoms with Gasteiger partial charge in [0.1, 0.15) is 0 Å². The van der Waals surface area contributed by atoms with Crippen LogP contribution in [0.4, 0.5) is 0 Å². The van der Waals surface area contributed by atoms with Gasteiger partial charge in [0.25, 0.3) is 0 Å². The average Bonchev–Trinajstić information content (AvgIpc) is 2.48. The fraction of sp³-hybridized carbons (Fsp3) is 0.0625. The number of hydrogen-bond acceptors (Lipinski definition) is 3. The van der Waals surface area contributed by atoms with Gasteiger partial charge in [0.2, 0.25) is 0 Å². The topological polar surface area (TPSA) is 112 Å². The lowest BCUT2D eigenvalue weighted by molar-refractivity contribution is 0.0681. The second-order valence-corrected chi connectivity index (χ2v) is 4.26. The zero-order valence-electron chi connectivity index (χ0n) is 11.7. The largest absolute Gasteiger partial charge is 0.478 e. The van der Waals surface area contributed by atoms with E-state index in [1.807, 2.05) is 0 Å². The summed E-state index contributed by atoms with van der Waals surface area (Å²) in [6.45, 7) is 1.48. The summed E-state index contributed by atoms with van der Waals surface area (Å²) in [6.07, 6.45) is 0. The Morgan fingerprint density at radius 2 is 1.14 bits per heavy atom. The first-order chi connectivity index (χ1) is 10.3. The Morgan fingerprint density at radius 1 is 0.682 bits per heavy atom. The summed E-state index contributed by atoms with van der Waals surface area (Å²) >= 11 is 0. The van der Waals surface area contributed by atoms with Gasteiger partial charge in [-0.25, -0.2) is 14.4 Å². The minimum atomic E-state index is -1.11. The first-order valence-corrected chi connectivity index (χ1v) is 6.19. The Bertz CT molecular complexity index is 659. The van der Waals surface area contributed by atoms with E-state index in [4.69, 9.17) is 15.3 Å². The van der Waals surface area contributed by atoms with Gasteiger partial charge in [-0.15, -0.1) is 0 Å². The maximum atomic E-state index is 10.6. The molecule has 0 aromatic heterocycles. The number of rotatable bonds is 3. The molecule has 0 heterocycles. The zero-order valence-corrected chi connectivity index (χ0v) is 11.7. The summed E-state index contributed by atoms with van der Waals surface area (Å²) in [5.74, 6) is -3.10. The molecule has 6 heteroatoms. The molecule has 0 spiro atoms. The molecule has 2 rings (SSSR count). The van der Waals surface area contributed by atoms with Crippen LogP contribution in [0.3, 0.4) is 0 Å². The molecule has 0 aliphatic carbocycles. The Kier molecular flexibility index (Phi) is 5.83. The number of carboxylic acid groups (broad SMARTS) is 3. The van der Waals surface area contributed by atoms with Gasteiger partial charge in [-0.1, -0.05) is 24.3 Å². The first-order valence-electron chi connectivity index (χ1n) is 6.19. The van der Waals surface area contributed by atoms with Crippen LogP contribution in [0.15, 0.2) is 48.5 Å². The number of carboxylic acids is 3. The lowest BCUT2D eigenvalue weighted by atomic mass is 10.0. The van der Waals surface area contributed by atoms with Crippen LogP contribution >= 0.6 is 0 Å². The van der Waals surface area contributed by atoms with E-state index in [9.17, 15) is 14.4 Å². The van der Waals surface area contributed by atoms with E-state index in [-0.39, 0.29) is 16.7 Å². The fourth-order valence-electron chi connectivity index (χ4n) is 1.68. The molecule has 0 saturated carbocycles. The molecule has 0 aliphatic heterocycles. The summed E-state index contributed by atoms with van der Waals surface area (Å²) in [7, 11) is 0. The molecule has 0 amide bonds. The molecular formula is C16H14O6. The second kappa shape index (κ2) is 7.58. The van der Waals surface area contributed by atoms with Gasteiger partial charge in [0, 0.05) is 0 Å². The second-order valence-electron chi connectivity index (χ2n) is 4.26. The molecule has 6 nitrogen and oxygen atoms in total. The van der Waals surface area contributed by atoms with Crippen molar-refractivity contribution in [1.29, 1.82) is 0 Å². The number of carbonyl (C=O) groups is 3. The van der Waals surface area contributed by atoms with Crippen molar-refractivity contribution in [1.82, 2.24) is 0 Å². The van der Waals surface area contributed by atoms with Crippen molar-refractivity contribution in [3.63, 3.8) is 0 Å². The minimum absolute atomic E-state index is 0.0277. The standard InChI is InChI=1S/C9H8O4.C7H6O2/c1-5-6(8(10)11)3-2-4-7(5)9(12)13;8-7(9)6-4-2-1-3-5-6/h2-4H,1H3,(H,10,11)(H,12,13);1-5H,(H,8,9). The molecule has 0 radical (unpaired) electrons. The van der Waals surface area contributed by atoms with Gasteiger partial charge in [0.15, 0.2) is 0 Å². The molecule has 22 heavy (non-hydrogen) atoms. The predicted molar refractivity (Wildman–Crippen MR) is 78.5 cm³/mol. The van der Waals surface area contributed by atoms with E-state index in [0.717, 1.165) is 0 Å². The van der Waals surface area contributed by atoms with E-state index >= 15 is 0 Å². The van der Waals surface area contributed by atoms with Gasteiger partial charge in [-0.2, -0.15) is 0 Å². The van der Waals surface area contributed by atoms with Crippen LogP contribution in [0.1, 0.15) is 36.6 Å². The lowest BCUT2D eigenvalue weighted by Gasteiger charge is -2.03. The summed E-state index contributed by atoms with van der Waals surface area (Å²) in [5.41, 5.74) is 0.666. The van der Waals surface area contributed by atoms with Crippen molar-refractivity contribution in [3.05, 3.63) is 70.8 Å². The van der Waals surface area contributed by atoms with Crippen molar-refractivity contribution in [3.8, 4) is 0 Å². The van der Waals surface area contributed by atoms with Crippen molar-refractivity contribution in [2.45, 2.75) is 6.92 Å². The van der Waals surface area contributed by atoms with Crippen molar-refractivity contribution < 1.29 is 29.7 Å². The van der Waals surface area contributed by atoms with Crippen LogP contribution in [0.5, 0.6) is 0 Å². The molecule has 0 bridgehead atoms. The van der Waals surface area contributed by atoms with Crippen molar-refractivity contribution >= 4 is 17.9 Å². The molecule has 0 atom stereocenters. The monoisotopic (exact) mass is 302 g/mol. The van der Waals surface area contributed by atoms with Gasteiger partial charge < -0.3 is 15.3 Å². The first kappa shape index (κ1) is 16.9. The summed E-state index contributed by atoms with van der Waals surface area (Å²) < 4.78 is 0. The van der Waals surface area contributed by atoms with Crippen LogP contribution in [0.2, 0.25) is 0 Å². The lowest BCUT2D eigenvalue weighted by Crippen LogP contribution is -2.06. The van der Waals surface area contributed by atoms with Crippen LogP contribution in [-0.2, 0) is 0 Å². The predicted octanol–water partition coefficient (Wildman–Crippen LogP) is 2.78. The molecule has 0 fully saturated rings. The summed E-state index contributed by atoms with van der Waals surface area (Å²) in [4.78, 5) is 31.4. The highest BCUT2D eigenvalue weighted by Gasteiger charge is 2.13. The van der Waals surface area contributed by atoms with Gasteiger partial charge in [0.05, 0.1) is 16.7 Å². The van der Waals surface area contributed by atoms with Gasteiger partial charge in [-0.3, -0.25) is 0 Å². The third kappa shape index (κ3) is 4.45. The van der Waals surface area contributed by atoms with Crippen LogP contribution in [0, 0.1) is 6.92 Å². The summed E-state index contributed by atoms with van der Waals surface area (Å²) in [5, 5.41) is 25.7. The van der Waals surface area contributed by atoms with E-state index in [1.165, 1.54) is 25.1 Å². The third-order valence-electron chi connectivity index (χ3n) is 2.82. The smallest absolute Gasteiger partial charge is 0.335 e. The highest BCUT2D eigenvalue weighted by Crippen LogP contribution is 2.13. The van der Waals surface area contributed by atoms with E-state index in [1.54, 1.807) is 30.3 Å². The highest BCUT2D eigenvalue weighted by atomic mass is 16.4. The van der Waals surface area contributed by atoms with E-state index in [0.29, 0.717) is 5.56 Å². The van der Waals surface area contributed by atoms with E-state index in [2.05, 4.69) is 0 Å². The molecule has 2 aromatic rings. The maximum absolute atomic E-state index is 10.6.